The Morgan fingerprint density at radius 2 is 1.78 bits per heavy atom. The molecule has 3 aliphatic rings. The van der Waals surface area contributed by atoms with Gasteiger partial charge in [-0.3, -0.25) is 24.1 Å². The predicted molar refractivity (Wildman–Crippen MR) is 133 cm³/mol. The number of likely N-dealkylation sites (N-methyl/N-ethyl adjacent to an activating group) is 1. The molecule has 4 N–H and O–H groups in total. The summed E-state index contributed by atoms with van der Waals surface area (Å²) in [5.41, 5.74) is 5.05. The number of benzene rings is 2. The van der Waals surface area contributed by atoms with Crippen LogP contribution in [-0.2, 0) is 20.8 Å². The highest BCUT2D eigenvalue weighted by Gasteiger charge is 2.64. The lowest BCUT2D eigenvalue weighted by Gasteiger charge is -2.53. The fourth-order valence-corrected chi connectivity index (χ4v) is 6.45. The van der Waals surface area contributed by atoms with E-state index in [1.165, 1.54) is 0 Å². The van der Waals surface area contributed by atoms with Gasteiger partial charge in [-0.05, 0) is 56.6 Å². The van der Waals surface area contributed by atoms with Crippen molar-refractivity contribution in [2.45, 2.75) is 30.9 Å². The highest BCUT2D eigenvalue weighted by molar-refractivity contribution is 6.17. The molecule has 0 aliphatic heterocycles. The minimum atomic E-state index is -2.06. The molecule has 5 rings (SSSR count). The van der Waals surface area contributed by atoms with Crippen molar-refractivity contribution in [3.8, 4) is 17.6 Å². The minimum absolute atomic E-state index is 0.0407. The Bertz CT molecular complexity index is 1390. The smallest absolute Gasteiger partial charge is 0.228 e. The number of rotatable bonds is 2. The number of aliphatic hydroxyl groups is 1. The number of primary amides is 1. The lowest BCUT2D eigenvalue weighted by molar-refractivity contribution is -0.176. The van der Waals surface area contributed by atoms with Crippen LogP contribution in [-0.4, -0.2) is 64.1 Å². The van der Waals surface area contributed by atoms with Gasteiger partial charge in [-0.1, -0.05) is 36.1 Å². The summed E-state index contributed by atoms with van der Waals surface area (Å²) < 4.78 is 0. The number of Topliss-reactive ketones (excluding diaryl/α,β-unsaturated/α-hetero) is 3. The summed E-state index contributed by atoms with van der Waals surface area (Å²) in [5.74, 6) is -0.780. The number of phenolic OH excluding ortho intramolecular Hbond substituents is 1. The second-order valence-electron chi connectivity index (χ2n) is 10.5. The van der Waals surface area contributed by atoms with Crippen LogP contribution < -0.4 is 5.73 Å². The lowest BCUT2D eigenvalue weighted by atomic mass is 9.53. The molecule has 0 heterocycles. The molecule has 0 spiro atoms. The summed E-state index contributed by atoms with van der Waals surface area (Å²) in [6.45, 7) is 0. The van der Waals surface area contributed by atoms with E-state index in [-0.39, 0.29) is 23.3 Å². The van der Waals surface area contributed by atoms with Gasteiger partial charge in [0.1, 0.15) is 17.3 Å². The molecule has 0 saturated heterocycles. The Balaban J connectivity index is 1.54. The molecule has 8 heteroatoms. The van der Waals surface area contributed by atoms with E-state index in [4.69, 9.17) is 5.73 Å². The van der Waals surface area contributed by atoms with Crippen LogP contribution in [0.5, 0.6) is 5.75 Å². The maximum Gasteiger partial charge on any atom is 0.228 e. The number of hydrogen-bond donors (Lipinski definition) is 3. The van der Waals surface area contributed by atoms with E-state index < -0.39 is 65.0 Å². The Hall–Kier alpha value is -3.80. The standard InChI is InChI=1S/C29H28N2O6/c1-31(2)23-20-13-18-12-17-11-10-16(9-8-15-6-4-3-5-7-15)24(32)21(17)26(34)22(18)27(35)29(20,37)14-19(25(23)33)28(30)36/h3-7,10-11,18-20,22-23,32,37H,12-14H2,1-2H3,(H2,30,36). The van der Waals surface area contributed by atoms with Crippen molar-refractivity contribution in [1.29, 1.82) is 0 Å². The molecule has 0 bridgehead atoms. The molecule has 3 aliphatic carbocycles. The van der Waals surface area contributed by atoms with Crippen molar-refractivity contribution >= 4 is 23.3 Å². The average Bonchev–Trinajstić information content (AvgIpc) is 2.85. The van der Waals surface area contributed by atoms with E-state index in [0.29, 0.717) is 12.0 Å². The monoisotopic (exact) mass is 500 g/mol. The lowest BCUT2D eigenvalue weighted by Crippen LogP contribution is -2.69. The maximum atomic E-state index is 13.8. The summed E-state index contributed by atoms with van der Waals surface area (Å²) in [4.78, 5) is 54.3. The fraction of sp³-hybridized carbons (Fsp3) is 0.379. The SMILES string of the molecule is CN(C)C1C(=O)C(C(N)=O)CC2(O)C(=O)C3C(=O)c4c(ccc(C#Cc5ccccc5)c4O)CC3CC12. The first kappa shape index (κ1) is 24.9. The molecule has 0 aromatic heterocycles. The average molecular weight is 501 g/mol. The van der Waals surface area contributed by atoms with E-state index in [1.807, 2.05) is 30.3 Å². The third kappa shape index (κ3) is 3.86. The molecule has 8 nitrogen and oxygen atoms in total. The molecule has 6 unspecified atom stereocenters. The van der Waals surface area contributed by atoms with Crippen molar-refractivity contribution in [3.05, 3.63) is 64.7 Å². The first-order chi connectivity index (χ1) is 17.5. The van der Waals surface area contributed by atoms with Gasteiger partial charge in [0.05, 0.1) is 23.1 Å². The van der Waals surface area contributed by atoms with E-state index in [0.717, 1.165) is 5.56 Å². The number of carbonyl (C=O) groups is 4. The summed E-state index contributed by atoms with van der Waals surface area (Å²) in [6, 6.07) is 11.7. The van der Waals surface area contributed by atoms with Gasteiger partial charge in [-0.15, -0.1) is 0 Å². The first-order valence-electron chi connectivity index (χ1n) is 12.3. The molecule has 2 fully saturated rings. The summed E-state index contributed by atoms with van der Waals surface area (Å²) in [6.07, 6.45) is 0.138. The van der Waals surface area contributed by atoms with Crippen LogP contribution in [0.2, 0.25) is 0 Å². The Labute approximate surface area is 214 Å². The number of phenols is 1. The highest BCUT2D eigenvalue weighted by atomic mass is 16.3. The highest BCUT2D eigenvalue weighted by Crippen LogP contribution is 2.51. The van der Waals surface area contributed by atoms with Crippen LogP contribution in [0, 0.1) is 35.5 Å². The molecule has 0 radical (unpaired) electrons. The van der Waals surface area contributed by atoms with Crippen LogP contribution in [0.25, 0.3) is 0 Å². The van der Waals surface area contributed by atoms with Gasteiger partial charge in [0, 0.05) is 17.9 Å². The molecule has 2 saturated carbocycles. The zero-order valence-electron chi connectivity index (χ0n) is 20.6. The molecule has 37 heavy (non-hydrogen) atoms. The largest absolute Gasteiger partial charge is 0.506 e. The number of amides is 1. The fourth-order valence-electron chi connectivity index (χ4n) is 6.45. The quantitative estimate of drug-likeness (QED) is 0.415. The number of ketones is 3. The van der Waals surface area contributed by atoms with Crippen LogP contribution in [0.4, 0.5) is 0 Å². The van der Waals surface area contributed by atoms with E-state index in [2.05, 4.69) is 11.8 Å². The van der Waals surface area contributed by atoms with Crippen molar-refractivity contribution in [2.24, 2.45) is 29.4 Å². The topological polar surface area (TPSA) is 138 Å². The zero-order valence-corrected chi connectivity index (χ0v) is 20.6. The van der Waals surface area contributed by atoms with Crippen LogP contribution >= 0.6 is 0 Å². The van der Waals surface area contributed by atoms with Gasteiger partial charge in [-0.2, -0.15) is 0 Å². The molecular formula is C29H28N2O6. The van der Waals surface area contributed by atoms with Crippen LogP contribution in [0.15, 0.2) is 42.5 Å². The zero-order chi connectivity index (χ0) is 26.6. The van der Waals surface area contributed by atoms with Gasteiger partial charge in [0.15, 0.2) is 17.3 Å². The number of fused-ring (bicyclic) bond motifs is 3. The number of nitrogens with two attached hydrogens (primary N) is 1. The summed E-state index contributed by atoms with van der Waals surface area (Å²) >= 11 is 0. The van der Waals surface area contributed by atoms with E-state index in [9.17, 15) is 29.4 Å². The van der Waals surface area contributed by atoms with Crippen molar-refractivity contribution in [1.82, 2.24) is 4.90 Å². The third-order valence-corrected chi connectivity index (χ3v) is 8.17. The van der Waals surface area contributed by atoms with Gasteiger partial charge in [-0.25, -0.2) is 0 Å². The van der Waals surface area contributed by atoms with Crippen LogP contribution in [0.3, 0.4) is 0 Å². The number of nitrogens with zero attached hydrogens (tertiary/aromatic N) is 1. The van der Waals surface area contributed by atoms with Crippen LogP contribution in [0.1, 0.15) is 39.9 Å². The van der Waals surface area contributed by atoms with Crippen molar-refractivity contribution in [3.63, 3.8) is 0 Å². The first-order valence-corrected chi connectivity index (χ1v) is 12.3. The van der Waals surface area contributed by atoms with E-state index in [1.54, 1.807) is 31.1 Å². The number of carbonyl (C=O) groups excluding carboxylic acids is 4. The number of aromatic hydroxyl groups is 1. The predicted octanol–water partition coefficient (Wildman–Crippen LogP) is 1.09. The second kappa shape index (κ2) is 8.94. The molecule has 6 atom stereocenters. The Morgan fingerprint density at radius 3 is 2.43 bits per heavy atom. The minimum Gasteiger partial charge on any atom is -0.506 e. The second-order valence-corrected chi connectivity index (χ2v) is 10.5. The normalized spacial score (nSPS) is 30.6. The number of hydrogen-bond acceptors (Lipinski definition) is 7. The van der Waals surface area contributed by atoms with Gasteiger partial charge in [0.2, 0.25) is 5.91 Å². The molecule has 2 aromatic rings. The molecule has 1 amide bonds. The Morgan fingerprint density at radius 1 is 1.08 bits per heavy atom. The summed E-state index contributed by atoms with van der Waals surface area (Å²) in [5, 5.41) is 22.7. The van der Waals surface area contributed by atoms with Crippen molar-refractivity contribution in [2.75, 3.05) is 14.1 Å². The Kier molecular flexibility index (Phi) is 6.01. The van der Waals surface area contributed by atoms with Gasteiger partial charge >= 0.3 is 0 Å². The third-order valence-electron chi connectivity index (χ3n) is 8.17. The molecule has 190 valence electrons. The maximum absolute atomic E-state index is 13.8. The van der Waals surface area contributed by atoms with Gasteiger partial charge in [0.25, 0.3) is 0 Å². The summed E-state index contributed by atoms with van der Waals surface area (Å²) in [7, 11) is 3.31. The molecule has 2 aromatic carbocycles. The van der Waals surface area contributed by atoms with Crippen molar-refractivity contribution < 1.29 is 29.4 Å². The van der Waals surface area contributed by atoms with Gasteiger partial charge < -0.3 is 15.9 Å². The van der Waals surface area contributed by atoms with E-state index >= 15 is 0 Å². The molecular weight excluding hydrogens is 472 g/mol.